The van der Waals surface area contributed by atoms with Gasteiger partial charge in [-0.25, -0.2) is 9.79 Å². The molecule has 4 rings (SSSR count). The fourth-order valence-electron chi connectivity index (χ4n) is 3.80. The molecule has 0 saturated carbocycles. The molecule has 0 spiro atoms. The number of benzene rings is 1. The summed E-state index contributed by atoms with van der Waals surface area (Å²) in [6, 6.07) is 8.51. The summed E-state index contributed by atoms with van der Waals surface area (Å²) in [5.41, 5.74) is 1.57. The third-order valence-corrected chi connectivity index (χ3v) is 7.33. The van der Waals surface area contributed by atoms with E-state index in [1.807, 2.05) is 24.4 Å². The monoisotopic (exact) mass is 502 g/mol. The lowest BCUT2D eigenvalue weighted by Crippen LogP contribution is -2.39. The molecule has 1 atom stereocenters. The molecule has 3 aromatic rings. The average Bonchev–Trinajstić information content (AvgIpc) is 3.42. The van der Waals surface area contributed by atoms with Crippen molar-refractivity contribution < 1.29 is 14.3 Å². The highest BCUT2D eigenvalue weighted by Crippen LogP contribution is 2.34. The minimum atomic E-state index is -0.578. The van der Waals surface area contributed by atoms with Gasteiger partial charge >= 0.3 is 5.97 Å². The Morgan fingerprint density at radius 3 is 2.79 bits per heavy atom. The normalized spacial score (nSPS) is 15.9. The number of nitrogens with zero attached hydrogens (tertiary/aromatic N) is 2. The quantitative estimate of drug-likeness (QED) is 0.452. The highest BCUT2D eigenvalue weighted by molar-refractivity contribution is 7.10. The van der Waals surface area contributed by atoms with E-state index in [2.05, 4.69) is 0 Å². The van der Waals surface area contributed by atoms with Crippen molar-refractivity contribution in [2.45, 2.75) is 32.7 Å². The van der Waals surface area contributed by atoms with Gasteiger partial charge in [-0.1, -0.05) is 42.3 Å². The molecule has 0 amide bonds. The van der Waals surface area contributed by atoms with Crippen molar-refractivity contribution in [1.29, 1.82) is 0 Å². The lowest BCUT2D eigenvalue weighted by Gasteiger charge is -2.24. The van der Waals surface area contributed by atoms with Gasteiger partial charge in [0.25, 0.3) is 5.56 Å². The molecule has 33 heavy (non-hydrogen) atoms. The van der Waals surface area contributed by atoms with E-state index >= 15 is 0 Å². The number of carbonyl (C=O) groups is 1. The van der Waals surface area contributed by atoms with E-state index in [9.17, 15) is 9.59 Å². The molecule has 0 saturated heterocycles. The van der Waals surface area contributed by atoms with Crippen molar-refractivity contribution in [3.63, 3.8) is 0 Å². The third kappa shape index (κ3) is 4.55. The Morgan fingerprint density at radius 2 is 2.12 bits per heavy atom. The number of thiazole rings is 1. The van der Waals surface area contributed by atoms with Crippen molar-refractivity contribution >= 4 is 46.3 Å². The Balaban J connectivity index is 1.99. The number of aromatic nitrogens is 1. The first-order valence-electron chi connectivity index (χ1n) is 10.6. The van der Waals surface area contributed by atoms with Crippen LogP contribution in [0.25, 0.3) is 6.08 Å². The highest BCUT2D eigenvalue weighted by Gasteiger charge is 2.34. The van der Waals surface area contributed by atoms with Crippen LogP contribution < -0.4 is 19.6 Å². The number of allylic oxidation sites excluding steroid dienone is 1. The highest BCUT2D eigenvalue weighted by atomic mass is 35.5. The summed E-state index contributed by atoms with van der Waals surface area (Å²) in [6.07, 6.45) is 3.18. The summed E-state index contributed by atoms with van der Waals surface area (Å²) in [4.78, 5) is 32.9. The number of fused-ring (bicyclic) bond motifs is 1. The van der Waals surface area contributed by atoms with E-state index in [-0.39, 0.29) is 12.2 Å². The molecule has 2 aromatic heterocycles. The lowest BCUT2D eigenvalue weighted by atomic mass is 9.99. The fourth-order valence-corrected chi connectivity index (χ4v) is 5.81. The van der Waals surface area contributed by atoms with Crippen molar-refractivity contribution in [1.82, 2.24) is 4.57 Å². The molecule has 1 aliphatic rings. The molecule has 0 radical (unpaired) electrons. The summed E-state index contributed by atoms with van der Waals surface area (Å²) in [6.45, 7) is 4.05. The van der Waals surface area contributed by atoms with Crippen LogP contribution in [-0.2, 0) is 9.53 Å². The van der Waals surface area contributed by atoms with E-state index in [1.165, 1.54) is 22.7 Å². The summed E-state index contributed by atoms with van der Waals surface area (Å²) >= 11 is 8.96. The Bertz CT molecular complexity index is 1390. The molecular formula is C24H23ClN2O4S2. The number of halogens is 1. The van der Waals surface area contributed by atoms with E-state index in [0.717, 1.165) is 11.3 Å². The van der Waals surface area contributed by atoms with Crippen molar-refractivity contribution in [2.75, 3.05) is 13.7 Å². The second-order valence-electron chi connectivity index (χ2n) is 7.32. The molecule has 1 aromatic carbocycles. The van der Waals surface area contributed by atoms with Crippen LogP contribution >= 0.6 is 34.3 Å². The second kappa shape index (κ2) is 10.1. The largest absolute Gasteiger partial charge is 0.496 e. The van der Waals surface area contributed by atoms with Gasteiger partial charge in [0.15, 0.2) is 4.80 Å². The van der Waals surface area contributed by atoms with Crippen LogP contribution in [0.2, 0.25) is 5.02 Å². The zero-order chi connectivity index (χ0) is 23.5. The van der Waals surface area contributed by atoms with E-state index in [4.69, 9.17) is 26.1 Å². The van der Waals surface area contributed by atoms with Gasteiger partial charge in [0, 0.05) is 15.5 Å². The number of esters is 1. The zero-order valence-corrected chi connectivity index (χ0v) is 20.9. The zero-order valence-electron chi connectivity index (χ0n) is 18.5. The maximum atomic E-state index is 13.6. The van der Waals surface area contributed by atoms with E-state index < -0.39 is 12.0 Å². The van der Waals surface area contributed by atoms with Crippen LogP contribution in [0.3, 0.4) is 0 Å². The topological polar surface area (TPSA) is 69.9 Å². The van der Waals surface area contributed by atoms with Gasteiger partial charge in [-0.05, 0) is 49.1 Å². The summed E-state index contributed by atoms with van der Waals surface area (Å²) in [5, 5.41) is 2.48. The van der Waals surface area contributed by atoms with Gasteiger partial charge in [-0.15, -0.1) is 11.3 Å². The predicted molar refractivity (Wildman–Crippen MR) is 132 cm³/mol. The SMILES string of the molecule is CCCC1=C(C(=O)OCC)[C@H](c2cccs2)n2c(s/c(=C\c3cc(Cl)ccc3OC)c2=O)=N1. The van der Waals surface area contributed by atoms with Gasteiger partial charge in [0.2, 0.25) is 0 Å². The van der Waals surface area contributed by atoms with Crippen LogP contribution in [0, 0.1) is 0 Å². The van der Waals surface area contributed by atoms with Gasteiger partial charge in [-0.3, -0.25) is 9.36 Å². The molecular weight excluding hydrogens is 480 g/mol. The lowest BCUT2D eigenvalue weighted by molar-refractivity contribution is -0.139. The maximum absolute atomic E-state index is 13.6. The minimum Gasteiger partial charge on any atom is -0.496 e. The number of rotatable bonds is 7. The third-order valence-electron chi connectivity index (χ3n) is 5.18. The number of hydrogen-bond donors (Lipinski definition) is 0. The molecule has 1 aliphatic heterocycles. The number of methoxy groups -OCH3 is 1. The molecule has 0 N–H and O–H groups in total. The van der Waals surface area contributed by atoms with Gasteiger partial charge in [-0.2, -0.15) is 0 Å². The molecule has 9 heteroatoms. The minimum absolute atomic E-state index is 0.225. The molecule has 3 heterocycles. The first-order valence-corrected chi connectivity index (χ1v) is 12.6. The van der Waals surface area contributed by atoms with Gasteiger partial charge in [0.05, 0.1) is 29.5 Å². The molecule has 6 nitrogen and oxygen atoms in total. The van der Waals surface area contributed by atoms with Crippen molar-refractivity contribution in [2.24, 2.45) is 4.99 Å². The predicted octanol–water partition coefficient (Wildman–Crippen LogP) is 4.30. The smallest absolute Gasteiger partial charge is 0.338 e. The van der Waals surface area contributed by atoms with E-state index in [1.54, 1.807) is 42.9 Å². The van der Waals surface area contributed by atoms with Crippen LogP contribution in [0.15, 0.2) is 56.8 Å². The van der Waals surface area contributed by atoms with E-state index in [0.29, 0.717) is 43.4 Å². The van der Waals surface area contributed by atoms with Gasteiger partial charge in [0.1, 0.15) is 11.8 Å². The van der Waals surface area contributed by atoms with Crippen molar-refractivity contribution in [3.8, 4) is 5.75 Å². The molecule has 0 bridgehead atoms. The van der Waals surface area contributed by atoms with Crippen molar-refractivity contribution in [3.05, 3.63) is 82.1 Å². The second-order valence-corrected chi connectivity index (χ2v) is 9.74. The average molecular weight is 503 g/mol. The first-order chi connectivity index (χ1) is 16.0. The number of carbonyl (C=O) groups excluding carboxylic acids is 1. The first kappa shape index (κ1) is 23.5. The van der Waals surface area contributed by atoms with Crippen LogP contribution in [0.1, 0.15) is 43.2 Å². The fraction of sp³-hybridized carbons (Fsp3) is 0.292. The molecule has 172 valence electrons. The Labute approximate surface area is 204 Å². The molecule has 0 unspecified atom stereocenters. The van der Waals surface area contributed by atoms with Crippen LogP contribution in [0.5, 0.6) is 5.75 Å². The molecule has 0 fully saturated rings. The molecule has 0 aliphatic carbocycles. The Morgan fingerprint density at radius 1 is 1.30 bits per heavy atom. The van der Waals surface area contributed by atoms with Crippen LogP contribution in [0.4, 0.5) is 0 Å². The maximum Gasteiger partial charge on any atom is 0.338 e. The van der Waals surface area contributed by atoms with Gasteiger partial charge < -0.3 is 9.47 Å². The van der Waals surface area contributed by atoms with Crippen LogP contribution in [-0.4, -0.2) is 24.3 Å². The number of thiophene rings is 1. The summed E-state index contributed by atoms with van der Waals surface area (Å²) < 4.78 is 12.9. The Kier molecular flexibility index (Phi) is 7.17. The standard InChI is InChI=1S/C24H23ClN2O4S2/c1-4-7-16-20(23(29)31-5-2)21(18-8-6-11-32-18)27-22(28)19(33-24(27)26-16)13-14-12-15(25)9-10-17(14)30-3/h6,8-13,21H,4-5,7H2,1-3H3/b19-13-/t21-/m0/s1. The summed E-state index contributed by atoms with van der Waals surface area (Å²) in [7, 11) is 1.57. The number of ether oxygens (including phenoxy) is 2. The number of hydrogen-bond acceptors (Lipinski definition) is 7. The Hall–Kier alpha value is -2.68. The summed E-state index contributed by atoms with van der Waals surface area (Å²) in [5.74, 6) is 0.174.